The molecule has 0 aliphatic heterocycles. The largest absolute Gasteiger partial charge is 0.494 e. The van der Waals surface area contributed by atoms with Gasteiger partial charge >= 0.3 is 6.18 Å². The van der Waals surface area contributed by atoms with Gasteiger partial charge in [0.05, 0.1) is 17.3 Å². The normalized spacial score (nSPS) is 11.9. The monoisotopic (exact) mass is 278 g/mol. The number of imidazole rings is 1. The summed E-state index contributed by atoms with van der Waals surface area (Å²) in [4.78, 5) is 4.00. The molecular formula is C14H9F3N2O. The lowest BCUT2D eigenvalue weighted by Crippen LogP contribution is -2.08. The number of hydrogen-bond acceptors (Lipinski definition) is 2. The molecule has 102 valence electrons. The highest BCUT2D eigenvalue weighted by Crippen LogP contribution is 2.37. The lowest BCUT2D eigenvalue weighted by Gasteiger charge is -2.12. The molecule has 0 aliphatic rings. The van der Waals surface area contributed by atoms with E-state index in [1.54, 1.807) is 12.1 Å². The van der Waals surface area contributed by atoms with Gasteiger partial charge in [-0.15, -0.1) is 0 Å². The van der Waals surface area contributed by atoms with Crippen LogP contribution in [-0.2, 0) is 6.18 Å². The van der Waals surface area contributed by atoms with Gasteiger partial charge < -0.3 is 5.11 Å². The molecular weight excluding hydrogens is 269 g/mol. The molecule has 0 saturated heterocycles. The first-order valence-electron chi connectivity index (χ1n) is 5.80. The molecule has 20 heavy (non-hydrogen) atoms. The highest BCUT2D eigenvalue weighted by Gasteiger charge is 2.34. The predicted molar refractivity (Wildman–Crippen MR) is 67.3 cm³/mol. The summed E-state index contributed by atoms with van der Waals surface area (Å²) in [5.74, 6) is -0.0991. The van der Waals surface area contributed by atoms with Gasteiger partial charge in [0.2, 0.25) is 0 Å². The zero-order valence-corrected chi connectivity index (χ0v) is 10.1. The first kappa shape index (κ1) is 12.5. The Labute approximate surface area is 111 Å². The predicted octanol–water partition coefficient (Wildman–Crippen LogP) is 3.73. The third-order valence-electron chi connectivity index (χ3n) is 3.00. The fourth-order valence-corrected chi connectivity index (χ4v) is 2.15. The molecule has 2 aromatic heterocycles. The standard InChI is InChI=1S/C14H9F3N2O/c15-14(16,17)11-6-2-1-5-10(11)13-18-8-9-4-3-7-12(20)19(9)13/h1-8,20H. The third-order valence-corrected chi connectivity index (χ3v) is 3.00. The summed E-state index contributed by atoms with van der Waals surface area (Å²) in [5.41, 5.74) is -0.325. The second-order valence-corrected chi connectivity index (χ2v) is 4.27. The van der Waals surface area contributed by atoms with Crippen LogP contribution in [0, 0.1) is 0 Å². The Morgan fingerprint density at radius 1 is 1.00 bits per heavy atom. The fraction of sp³-hybridized carbons (Fsp3) is 0.0714. The highest BCUT2D eigenvalue weighted by molar-refractivity contribution is 5.67. The highest BCUT2D eigenvalue weighted by atomic mass is 19.4. The van der Waals surface area contributed by atoms with Gasteiger partial charge in [-0.3, -0.25) is 4.40 Å². The van der Waals surface area contributed by atoms with E-state index >= 15 is 0 Å². The van der Waals surface area contributed by atoms with Crippen LogP contribution in [-0.4, -0.2) is 14.5 Å². The van der Waals surface area contributed by atoms with Crippen molar-refractivity contribution in [1.82, 2.24) is 9.38 Å². The molecule has 3 nitrogen and oxygen atoms in total. The van der Waals surface area contributed by atoms with Crippen molar-refractivity contribution in [3.05, 3.63) is 54.2 Å². The van der Waals surface area contributed by atoms with Gasteiger partial charge in [0.25, 0.3) is 0 Å². The summed E-state index contributed by atoms with van der Waals surface area (Å²) in [6, 6.07) is 9.82. The minimum atomic E-state index is -4.48. The third kappa shape index (κ3) is 1.89. The first-order chi connectivity index (χ1) is 9.48. The van der Waals surface area contributed by atoms with Crippen LogP contribution in [0.4, 0.5) is 13.2 Å². The van der Waals surface area contributed by atoms with Crippen LogP contribution in [0.25, 0.3) is 16.9 Å². The molecule has 0 aliphatic carbocycles. The van der Waals surface area contributed by atoms with Gasteiger partial charge in [-0.25, -0.2) is 4.98 Å². The molecule has 0 saturated carbocycles. The van der Waals surface area contributed by atoms with E-state index < -0.39 is 11.7 Å². The minimum absolute atomic E-state index is 0.0611. The number of pyridine rings is 1. The van der Waals surface area contributed by atoms with Crippen molar-refractivity contribution in [2.45, 2.75) is 6.18 Å². The molecule has 0 fully saturated rings. The zero-order chi connectivity index (χ0) is 14.3. The van der Waals surface area contributed by atoms with E-state index in [2.05, 4.69) is 4.98 Å². The Kier molecular flexibility index (Phi) is 2.67. The number of nitrogens with zero attached hydrogens (tertiary/aromatic N) is 2. The van der Waals surface area contributed by atoms with Crippen molar-refractivity contribution in [2.75, 3.05) is 0 Å². The zero-order valence-electron chi connectivity index (χ0n) is 10.1. The molecule has 1 N–H and O–H groups in total. The van der Waals surface area contributed by atoms with Gasteiger partial charge in [0.1, 0.15) is 5.82 Å². The van der Waals surface area contributed by atoms with E-state index in [-0.39, 0.29) is 17.3 Å². The molecule has 6 heteroatoms. The van der Waals surface area contributed by atoms with Crippen LogP contribution < -0.4 is 0 Å². The molecule has 0 bridgehead atoms. The van der Waals surface area contributed by atoms with Crippen LogP contribution >= 0.6 is 0 Å². The average molecular weight is 278 g/mol. The summed E-state index contributed by atoms with van der Waals surface area (Å²) >= 11 is 0. The van der Waals surface area contributed by atoms with Gasteiger partial charge in [0.15, 0.2) is 5.88 Å². The second-order valence-electron chi connectivity index (χ2n) is 4.27. The molecule has 1 aromatic carbocycles. The molecule has 0 atom stereocenters. The van der Waals surface area contributed by atoms with Crippen molar-refractivity contribution in [1.29, 1.82) is 0 Å². The number of aromatic nitrogens is 2. The quantitative estimate of drug-likeness (QED) is 0.736. The number of benzene rings is 1. The van der Waals surface area contributed by atoms with Gasteiger partial charge in [-0.05, 0) is 18.2 Å². The second kappa shape index (κ2) is 4.26. The van der Waals surface area contributed by atoms with Crippen molar-refractivity contribution >= 4 is 5.52 Å². The molecule has 3 aromatic rings. The van der Waals surface area contributed by atoms with Crippen LogP contribution in [0.2, 0.25) is 0 Å². The number of alkyl halides is 3. The van der Waals surface area contributed by atoms with Crippen LogP contribution in [0.1, 0.15) is 5.56 Å². The fourth-order valence-electron chi connectivity index (χ4n) is 2.15. The Bertz CT molecular complexity index is 777. The number of rotatable bonds is 1. The molecule has 2 heterocycles. The summed E-state index contributed by atoms with van der Waals surface area (Å²) in [6.07, 6.45) is -3.06. The van der Waals surface area contributed by atoms with Gasteiger partial charge in [-0.2, -0.15) is 13.2 Å². The number of hydrogen-bond donors (Lipinski definition) is 1. The van der Waals surface area contributed by atoms with Crippen molar-refractivity contribution in [2.24, 2.45) is 0 Å². The van der Waals surface area contributed by atoms with Crippen molar-refractivity contribution in [3.8, 4) is 17.3 Å². The van der Waals surface area contributed by atoms with Gasteiger partial charge in [-0.1, -0.05) is 24.3 Å². The van der Waals surface area contributed by atoms with E-state index in [9.17, 15) is 18.3 Å². The average Bonchev–Trinajstić information content (AvgIpc) is 2.83. The molecule has 3 rings (SSSR count). The van der Waals surface area contributed by atoms with Crippen molar-refractivity contribution in [3.63, 3.8) is 0 Å². The minimum Gasteiger partial charge on any atom is -0.494 e. The van der Waals surface area contributed by atoms with E-state index in [0.29, 0.717) is 5.52 Å². The Hall–Kier alpha value is -2.50. The maximum Gasteiger partial charge on any atom is 0.417 e. The Balaban J connectivity index is 2.33. The van der Waals surface area contributed by atoms with Gasteiger partial charge in [0, 0.05) is 5.56 Å². The summed E-state index contributed by atoms with van der Waals surface area (Å²) < 4.78 is 40.4. The first-order valence-corrected chi connectivity index (χ1v) is 5.80. The maximum atomic E-state index is 13.0. The van der Waals surface area contributed by atoms with Crippen LogP contribution in [0.5, 0.6) is 5.88 Å². The van der Waals surface area contributed by atoms with Crippen molar-refractivity contribution < 1.29 is 18.3 Å². The summed E-state index contributed by atoms with van der Waals surface area (Å²) in [7, 11) is 0. The van der Waals surface area contributed by atoms with E-state index in [1.807, 2.05) is 0 Å². The Morgan fingerprint density at radius 2 is 1.75 bits per heavy atom. The number of halogens is 3. The molecule has 0 spiro atoms. The summed E-state index contributed by atoms with van der Waals surface area (Å²) in [5, 5.41) is 9.84. The lowest BCUT2D eigenvalue weighted by molar-refractivity contribution is -0.137. The van der Waals surface area contributed by atoms with E-state index in [0.717, 1.165) is 6.07 Å². The smallest absolute Gasteiger partial charge is 0.417 e. The maximum absolute atomic E-state index is 13.0. The van der Waals surface area contributed by atoms with Crippen LogP contribution in [0.15, 0.2) is 48.7 Å². The Morgan fingerprint density at radius 3 is 2.50 bits per heavy atom. The summed E-state index contributed by atoms with van der Waals surface area (Å²) in [6.45, 7) is 0. The number of aromatic hydroxyl groups is 1. The topological polar surface area (TPSA) is 37.5 Å². The SMILES string of the molecule is Oc1cccc2cnc(-c3ccccc3C(F)(F)F)n12. The molecule has 0 unspecified atom stereocenters. The number of fused-ring (bicyclic) bond motifs is 1. The van der Waals surface area contributed by atoms with Crippen LogP contribution in [0.3, 0.4) is 0 Å². The van der Waals surface area contributed by atoms with E-state index in [4.69, 9.17) is 0 Å². The molecule has 0 radical (unpaired) electrons. The molecule has 0 amide bonds. The lowest BCUT2D eigenvalue weighted by atomic mass is 10.1. The van der Waals surface area contributed by atoms with E-state index in [1.165, 1.54) is 34.9 Å².